The zero-order chi connectivity index (χ0) is 14.5. The SMILES string of the molecule is N#Cc1cc(F)cc(CSc2ccc(C(=O)O)cn2)c1. The smallest absolute Gasteiger partial charge is 0.337 e. The summed E-state index contributed by atoms with van der Waals surface area (Å²) in [6.45, 7) is 0. The Kier molecular flexibility index (Phi) is 4.33. The molecule has 6 heteroatoms. The average molecular weight is 288 g/mol. The number of aromatic nitrogens is 1. The molecule has 0 bridgehead atoms. The number of benzene rings is 1. The van der Waals surface area contributed by atoms with Crippen LogP contribution in [0.3, 0.4) is 0 Å². The maximum Gasteiger partial charge on any atom is 0.337 e. The molecule has 1 aromatic heterocycles. The maximum absolute atomic E-state index is 13.2. The van der Waals surface area contributed by atoms with E-state index in [9.17, 15) is 9.18 Å². The number of pyridine rings is 1. The van der Waals surface area contributed by atoms with Gasteiger partial charge >= 0.3 is 5.97 Å². The van der Waals surface area contributed by atoms with Crippen LogP contribution in [0, 0.1) is 17.1 Å². The van der Waals surface area contributed by atoms with E-state index >= 15 is 0 Å². The highest BCUT2D eigenvalue weighted by Gasteiger charge is 2.05. The van der Waals surface area contributed by atoms with E-state index in [4.69, 9.17) is 10.4 Å². The second-order valence-electron chi connectivity index (χ2n) is 3.94. The van der Waals surface area contributed by atoms with Gasteiger partial charge in [-0.15, -0.1) is 11.8 Å². The van der Waals surface area contributed by atoms with Crippen LogP contribution in [0.2, 0.25) is 0 Å². The van der Waals surface area contributed by atoms with Gasteiger partial charge in [-0.3, -0.25) is 0 Å². The standard InChI is InChI=1S/C14H9FN2O2S/c15-12-4-9(6-16)3-10(5-12)8-20-13-2-1-11(7-17-13)14(18)19/h1-5,7H,8H2,(H,18,19). The summed E-state index contributed by atoms with van der Waals surface area (Å²) in [5.74, 6) is -1.03. The molecule has 1 N–H and O–H groups in total. The third-order valence-electron chi connectivity index (χ3n) is 2.46. The van der Waals surface area contributed by atoms with Crippen molar-refractivity contribution in [1.82, 2.24) is 4.98 Å². The summed E-state index contributed by atoms with van der Waals surface area (Å²) in [5.41, 5.74) is 1.07. The highest BCUT2D eigenvalue weighted by atomic mass is 32.2. The molecule has 4 nitrogen and oxygen atoms in total. The quantitative estimate of drug-likeness (QED) is 0.875. The number of carboxylic acids is 1. The fourth-order valence-electron chi connectivity index (χ4n) is 1.55. The highest BCUT2D eigenvalue weighted by Crippen LogP contribution is 2.22. The van der Waals surface area contributed by atoms with E-state index in [2.05, 4.69) is 4.98 Å². The van der Waals surface area contributed by atoms with Crippen LogP contribution in [0.5, 0.6) is 0 Å². The molecule has 0 atom stereocenters. The zero-order valence-electron chi connectivity index (χ0n) is 10.2. The predicted molar refractivity (Wildman–Crippen MR) is 71.9 cm³/mol. The summed E-state index contributed by atoms with van der Waals surface area (Å²) < 4.78 is 13.2. The first-order valence-electron chi connectivity index (χ1n) is 5.60. The number of hydrogen-bond donors (Lipinski definition) is 1. The number of carbonyl (C=O) groups is 1. The molecular formula is C14H9FN2O2S. The van der Waals surface area contributed by atoms with E-state index < -0.39 is 11.8 Å². The molecule has 0 amide bonds. The molecule has 0 unspecified atom stereocenters. The topological polar surface area (TPSA) is 74.0 Å². The van der Waals surface area contributed by atoms with Crippen LogP contribution in [0.4, 0.5) is 4.39 Å². The number of hydrogen-bond acceptors (Lipinski definition) is 4. The van der Waals surface area contributed by atoms with Crippen molar-refractivity contribution in [3.63, 3.8) is 0 Å². The molecule has 0 radical (unpaired) electrons. The van der Waals surface area contributed by atoms with Crippen molar-refractivity contribution in [2.75, 3.05) is 0 Å². The molecule has 100 valence electrons. The Morgan fingerprint density at radius 3 is 2.80 bits per heavy atom. The van der Waals surface area contributed by atoms with Crippen LogP contribution < -0.4 is 0 Å². The molecule has 2 aromatic rings. The van der Waals surface area contributed by atoms with Crippen molar-refractivity contribution >= 4 is 17.7 Å². The zero-order valence-corrected chi connectivity index (χ0v) is 11.0. The largest absolute Gasteiger partial charge is 0.478 e. The van der Waals surface area contributed by atoms with Crippen LogP contribution in [-0.4, -0.2) is 16.1 Å². The summed E-state index contributed by atoms with van der Waals surface area (Å²) in [6.07, 6.45) is 1.27. The number of rotatable bonds is 4. The van der Waals surface area contributed by atoms with Crippen LogP contribution >= 0.6 is 11.8 Å². The number of halogens is 1. The maximum atomic E-state index is 13.2. The van der Waals surface area contributed by atoms with Gasteiger partial charge < -0.3 is 5.11 Å². The van der Waals surface area contributed by atoms with Crippen molar-refractivity contribution in [2.45, 2.75) is 10.8 Å². The van der Waals surface area contributed by atoms with Gasteiger partial charge in [0.05, 0.1) is 22.2 Å². The van der Waals surface area contributed by atoms with E-state index in [0.717, 1.165) is 0 Å². The summed E-state index contributed by atoms with van der Waals surface area (Å²) in [6, 6.07) is 9.10. The molecule has 1 heterocycles. The molecule has 0 saturated heterocycles. The van der Waals surface area contributed by atoms with Gasteiger partial charge in [0.2, 0.25) is 0 Å². The summed E-state index contributed by atoms with van der Waals surface area (Å²) >= 11 is 1.34. The lowest BCUT2D eigenvalue weighted by atomic mass is 10.1. The average Bonchev–Trinajstić information content (AvgIpc) is 2.45. The van der Waals surface area contributed by atoms with Gasteiger partial charge in [0.1, 0.15) is 5.82 Å². The monoisotopic (exact) mass is 288 g/mol. The Balaban J connectivity index is 2.07. The molecule has 2 rings (SSSR count). The molecule has 0 saturated carbocycles. The Bertz CT molecular complexity index is 681. The van der Waals surface area contributed by atoms with Gasteiger partial charge in [-0.2, -0.15) is 5.26 Å². The molecule has 0 aliphatic carbocycles. The minimum absolute atomic E-state index is 0.117. The predicted octanol–water partition coefficient (Wildman–Crippen LogP) is 3.08. The van der Waals surface area contributed by atoms with E-state index in [0.29, 0.717) is 16.3 Å². The summed E-state index contributed by atoms with van der Waals surface area (Å²) in [4.78, 5) is 14.7. The summed E-state index contributed by atoms with van der Waals surface area (Å²) in [7, 11) is 0. The second-order valence-corrected chi connectivity index (χ2v) is 4.93. The fraction of sp³-hybridized carbons (Fsp3) is 0.0714. The molecule has 1 aromatic carbocycles. The number of nitrogens with zero attached hydrogens (tertiary/aromatic N) is 2. The first kappa shape index (κ1) is 14.0. The van der Waals surface area contributed by atoms with Crippen molar-refractivity contribution in [3.05, 3.63) is 59.0 Å². The lowest BCUT2D eigenvalue weighted by Gasteiger charge is -2.03. The van der Waals surface area contributed by atoms with Gasteiger partial charge in [-0.25, -0.2) is 14.2 Å². The molecular weight excluding hydrogens is 279 g/mol. The Hall–Kier alpha value is -2.39. The highest BCUT2D eigenvalue weighted by molar-refractivity contribution is 7.98. The van der Waals surface area contributed by atoms with Gasteiger partial charge in [0.25, 0.3) is 0 Å². The fourth-order valence-corrected chi connectivity index (χ4v) is 2.32. The molecule has 0 aliphatic rings. The number of aromatic carboxylic acids is 1. The molecule has 20 heavy (non-hydrogen) atoms. The second kappa shape index (κ2) is 6.17. The van der Waals surface area contributed by atoms with E-state index in [1.54, 1.807) is 12.1 Å². The summed E-state index contributed by atoms with van der Waals surface area (Å²) in [5, 5.41) is 18.2. The minimum Gasteiger partial charge on any atom is -0.478 e. The van der Waals surface area contributed by atoms with E-state index in [1.807, 2.05) is 6.07 Å². The Morgan fingerprint density at radius 2 is 2.20 bits per heavy atom. The molecule has 0 fully saturated rings. The van der Waals surface area contributed by atoms with Crippen LogP contribution in [0.15, 0.2) is 41.6 Å². The number of thioether (sulfide) groups is 1. The number of carboxylic acid groups (broad SMARTS) is 1. The van der Waals surface area contributed by atoms with Gasteiger partial charge in [0, 0.05) is 11.9 Å². The number of nitriles is 1. The molecule has 0 spiro atoms. The van der Waals surface area contributed by atoms with E-state index in [1.165, 1.54) is 36.2 Å². The third-order valence-corrected chi connectivity index (χ3v) is 3.47. The normalized spacial score (nSPS) is 10.0. The third kappa shape index (κ3) is 3.56. The lowest BCUT2D eigenvalue weighted by molar-refractivity contribution is 0.0696. The van der Waals surface area contributed by atoms with Crippen LogP contribution in [0.1, 0.15) is 21.5 Å². The minimum atomic E-state index is -1.03. The van der Waals surface area contributed by atoms with Crippen molar-refractivity contribution < 1.29 is 14.3 Å². The van der Waals surface area contributed by atoms with Crippen molar-refractivity contribution in [2.24, 2.45) is 0 Å². The van der Waals surface area contributed by atoms with E-state index in [-0.39, 0.29) is 11.1 Å². The van der Waals surface area contributed by atoms with Gasteiger partial charge in [-0.05, 0) is 35.9 Å². The first-order valence-corrected chi connectivity index (χ1v) is 6.59. The molecule has 0 aliphatic heterocycles. The van der Waals surface area contributed by atoms with Crippen molar-refractivity contribution in [1.29, 1.82) is 5.26 Å². The lowest BCUT2D eigenvalue weighted by Crippen LogP contribution is -1.96. The Morgan fingerprint density at radius 1 is 1.40 bits per heavy atom. The van der Waals surface area contributed by atoms with Crippen LogP contribution in [-0.2, 0) is 5.75 Å². The first-order chi connectivity index (χ1) is 9.58. The Labute approximate surface area is 118 Å². The van der Waals surface area contributed by atoms with Gasteiger partial charge in [0.15, 0.2) is 0 Å². The van der Waals surface area contributed by atoms with Crippen molar-refractivity contribution in [3.8, 4) is 6.07 Å². The van der Waals surface area contributed by atoms with Crippen LogP contribution in [0.25, 0.3) is 0 Å². The van der Waals surface area contributed by atoms with Gasteiger partial charge in [-0.1, -0.05) is 0 Å².